The van der Waals surface area contributed by atoms with Gasteiger partial charge in [-0.05, 0) is 32.1 Å². The summed E-state index contributed by atoms with van der Waals surface area (Å²) in [5.41, 5.74) is 0. The van der Waals surface area contributed by atoms with Crippen molar-refractivity contribution in [3.63, 3.8) is 0 Å². The van der Waals surface area contributed by atoms with Crippen molar-refractivity contribution in [3.05, 3.63) is 0 Å². The Bertz CT molecular complexity index is 359. The molecule has 0 amide bonds. The van der Waals surface area contributed by atoms with E-state index in [-0.39, 0.29) is 0 Å². The Hall–Kier alpha value is -0.850. The molecule has 0 spiro atoms. The minimum atomic E-state index is 0.536. The Balaban J connectivity index is 1.53. The lowest BCUT2D eigenvalue weighted by molar-refractivity contribution is 0.0689. The summed E-state index contributed by atoms with van der Waals surface area (Å²) in [6.45, 7) is 5.50. The summed E-state index contributed by atoms with van der Waals surface area (Å²) in [7, 11) is 3.55. The van der Waals surface area contributed by atoms with Gasteiger partial charge in [-0.3, -0.25) is 9.89 Å². The minimum absolute atomic E-state index is 0.536. The molecule has 0 aromatic carbocycles. The zero-order valence-corrected chi connectivity index (χ0v) is 15.6. The molecule has 0 bridgehead atoms. The molecule has 1 saturated heterocycles. The smallest absolute Gasteiger partial charge is 0.191 e. The van der Waals surface area contributed by atoms with E-state index in [1.165, 1.54) is 45.2 Å². The topological polar surface area (TPSA) is 58.1 Å². The van der Waals surface area contributed by atoms with Crippen molar-refractivity contribution in [2.24, 2.45) is 4.99 Å². The summed E-state index contributed by atoms with van der Waals surface area (Å²) < 4.78 is 10.4. The predicted octanol–water partition coefficient (Wildman–Crippen LogP) is 1.61. The summed E-state index contributed by atoms with van der Waals surface area (Å²) in [4.78, 5) is 7.04. The number of aliphatic imine (C=N–C) groups is 1. The van der Waals surface area contributed by atoms with Crippen LogP contribution in [0.5, 0.6) is 0 Å². The number of guanidine groups is 1. The van der Waals surface area contributed by atoms with Gasteiger partial charge < -0.3 is 20.1 Å². The Kier molecular flexibility index (Phi) is 9.46. The Morgan fingerprint density at radius 2 is 1.96 bits per heavy atom. The minimum Gasteiger partial charge on any atom is -0.382 e. The van der Waals surface area contributed by atoms with E-state index in [0.29, 0.717) is 19.3 Å². The van der Waals surface area contributed by atoms with Crippen LogP contribution < -0.4 is 10.6 Å². The fourth-order valence-corrected chi connectivity index (χ4v) is 3.67. The van der Waals surface area contributed by atoms with Gasteiger partial charge in [0, 0.05) is 52.5 Å². The van der Waals surface area contributed by atoms with Crippen molar-refractivity contribution in [2.75, 3.05) is 53.6 Å². The van der Waals surface area contributed by atoms with E-state index < -0.39 is 0 Å². The van der Waals surface area contributed by atoms with E-state index in [1.807, 2.05) is 7.05 Å². The fourth-order valence-electron chi connectivity index (χ4n) is 3.67. The van der Waals surface area contributed by atoms with E-state index in [1.54, 1.807) is 7.11 Å². The summed E-state index contributed by atoms with van der Waals surface area (Å²) in [5, 5.41) is 7.01. The van der Waals surface area contributed by atoms with Gasteiger partial charge in [0.05, 0.1) is 13.2 Å². The second-order valence-electron chi connectivity index (χ2n) is 6.87. The van der Waals surface area contributed by atoms with Crippen LogP contribution >= 0.6 is 0 Å². The predicted molar refractivity (Wildman–Crippen MR) is 98.7 cm³/mol. The van der Waals surface area contributed by atoms with Crippen molar-refractivity contribution >= 4 is 5.96 Å². The summed E-state index contributed by atoms with van der Waals surface area (Å²) in [6, 6.07) is 1.37. The molecule has 1 aliphatic heterocycles. The number of likely N-dealkylation sites (tertiary alicyclic amines) is 1. The molecule has 1 unspecified atom stereocenters. The fraction of sp³-hybridized carbons (Fsp3) is 0.944. The Morgan fingerprint density at radius 1 is 1.12 bits per heavy atom. The number of ether oxygens (including phenoxy) is 2. The Morgan fingerprint density at radius 3 is 2.71 bits per heavy atom. The molecule has 2 fully saturated rings. The van der Waals surface area contributed by atoms with Gasteiger partial charge in [-0.25, -0.2) is 0 Å². The largest absolute Gasteiger partial charge is 0.382 e. The SMILES string of the molecule is CN=C(NCCCCOCCOC)NC1CCN(C2CCCC2)C1. The van der Waals surface area contributed by atoms with Crippen molar-refractivity contribution in [1.82, 2.24) is 15.5 Å². The van der Waals surface area contributed by atoms with Crippen LogP contribution in [0.1, 0.15) is 44.9 Å². The van der Waals surface area contributed by atoms with Crippen molar-refractivity contribution in [2.45, 2.75) is 57.0 Å². The third-order valence-electron chi connectivity index (χ3n) is 5.06. The van der Waals surface area contributed by atoms with Crippen molar-refractivity contribution < 1.29 is 9.47 Å². The van der Waals surface area contributed by atoms with Crippen molar-refractivity contribution in [1.29, 1.82) is 0 Å². The number of rotatable bonds is 10. The molecule has 6 heteroatoms. The third-order valence-corrected chi connectivity index (χ3v) is 5.06. The second kappa shape index (κ2) is 11.7. The van der Waals surface area contributed by atoms with E-state index in [0.717, 1.165) is 38.0 Å². The summed E-state index contributed by atoms with van der Waals surface area (Å²) in [6.07, 6.45) is 9.00. The van der Waals surface area contributed by atoms with Crippen LogP contribution in [0.2, 0.25) is 0 Å². The number of unbranched alkanes of at least 4 members (excludes halogenated alkanes) is 1. The van der Waals surface area contributed by atoms with E-state index in [2.05, 4.69) is 20.5 Å². The van der Waals surface area contributed by atoms with Gasteiger partial charge in [-0.1, -0.05) is 12.8 Å². The summed E-state index contributed by atoms with van der Waals surface area (Å²) >= 11 is 0. The number of methoxy groups -OCH3 is 1. The van der Waals surface area contributed by atoms with Crippen LogP contribution in [-0.2, 0) is 9.47 Å². The average Bonchev–Trinajstić information content (AvgIpc) is 3.27. The van der Waals surface area contributed by atoms with E-state index in [4.69, 9.17) is 9.47 Å². The molecular weight excluding hydrogens is 304 g/mol. The first-order chi connectivity index (χ1) is 11.8. The lowest BCUT2D eigenvalue weighted by atomic mass is 10.2. The van der Waals surface area contributed by atoms with Gasteiger partial charge in [0.2, 0.25) is 0 Å². The molecule has 1 saturated carbocycles. The molecule has 6 nitrogen and oxygen atoms in total. The molecule has 1 atom stereocenters. The molecule has 0 radical (unpaired) electrons. The lowest BCUT2D eigenvalue weighted by Gasteiger charge is -2.24. The standard InChI is InChI=1S/C18H36N4O2/c1-19-18(20-10-5-6-12-24-14-13-23-2)21-16-9-11-22(15-16)17-7-3-4-8-17/h16-17H,3-15H2,1-2H3,(H2,19,20,21). The summed E-state index contributed by atoms with van der Waals surface area (Å²) in [5.74, 6) is 0.938. The molecular formula is C18H36N4O2. The zero-order chi connectivity index (χ0) is 17.0. The lowest BCUT2D eigenvalue weighted by Crippen LogP contribution is -2.45. The van der Waals surface area contributed by atoms with Gasteiger partial charge in [-0.15, -0.1) is 0 Å². The molecule has 2 rings (SSSR count). The molecule has 0 aromatic rings. The van der Waals surface area contributed by atoms with Crippen LogP contribution in [0, 0.1) is 0 Å². The maximum Gasteiger partial charge on any atom is 0.191 e. The average molecular weight is 341 g/mol. The molecule has 1 heterocycles. The molecule has 2 aliphatic rings. The molecule has 1 aliphatic carbocycles. The molecule has 140 valence electrons. The van der Waals surface area contributed by atoms with Crippen LogP contribution in [0.4, 0.5) is 0 Å². The van der Waals surface area contributed by atoms with Crippen molar-refractivity contribution in [3.8, 4) is 0 Å². The van der Waals surface area contributed by atoms with Crippen LogP contribution in [0.3, 0.4) is 0 Å². The van der Waals surface area contributed by atoms with Gasteiger partial charge in [0.15, 0.2) is 5.96 Å². The monoisotopic (exact) mass is 340 g/mol. The van der Waals surface area contributed by atoms with Gasteiger partial charge in [-0.2, -0.15) is 0 Å². The highest BCUT2D eigenvalue weighted by Gasteiger charge is 2.30. The third kappa shape index (κ3) is 6.95. The first kappa shape index (κ1) is 19.5. The molecule has 24 heavy (non-hydrogen) atoms. The Labute approximate surface area is 147 Å². The van der Waals surface area contributed by atoms with E-state index in [9.17, 15) is 0 Å². The first-order valence-electron chi connectivity index (χ1n) is 9.61. The van der Waals surface area contributed by atoms with Gasteiger partial charge in [0.25, 0.3) is 0 Å². The van der Waals surface area contributed by atoms with Crippen LogP contribution in [-0.4, -0.2) is 76.6 Å². The first-order valence-corrected chi connectivity index (χ1v) is 9.61. The number of hydrogen-bond donors (Lipinski definition) is 2. The highest BCUT2D eigenvalue weighted by molar-refractivity contribution is 5.79. The maximum absolute atomic E-state index is 5.47. The highest BCUT2D eigenvalue weighted by Crippen LogP contribution is 2.26. The number of nitrogens with zero attached hydrogens (tertiary/aromatic N) is 2. The maximum atomic E-state index is 5.47. The van der Waals surface area contributed by atoms with Gasteiger partial charge in [0.1, 0.15) is 0 Å². The van der Waals surface area contributed by atoms with E-state index >= 15 is 0 Å². The molecule has 0 aromatic heterocycles. The highest BCUT2D eigenvalue weighted by atomic mass is 16.5. The zero-order valence-electron chi connectivity index (χ0n) is 15.6. The molecule has 2 N–H and O–H groups in total. The van der Waals surface area contributed by atoms with Crippen LogP contribution in [0.25, 0.3) is 0 Å². The second-order valence-corrected chi connectivity index (χ2v) is 6.87. The number of nitrogens with one attached hydrogen (secondary N) is 2. The number of hydrogen-bond acceptors (Lipinski definition) is 4. The van der Waals surface area contributed by atoms with Gasteiger partial charge >= 0.3 is 0 Å². The normalized spacial score (nSPS) is 23.1. The quantitative estimate of drug-likeness (QED) is 0.359. The van der Waals surface area contributed by atoms with Crippen LogP contribution in [0.15, 0.2) is 4.99 Å².